The lowest BCUT2D eigenvalue weighted by Crippen LogP contribution is -2.68. The van der Waals surface area contributed by atoms with Gasteiger partial charge >= 0.3 is 5.97 Å². The number of fused-ring (bicyclic) bond motifs is 3. The van der Waals surface area contributed by atoms with Crippen molar-refractivity contribution >= 4 is 5.97 Å². The van der Waals surface area contributed by atoms with Crippen molar-refractivity contribution in [3.8, 4) is 0 Å². The average molecular weight is 1260 g/mol. The summed E-state index contributed by atoms with van der Waals surface area (Å²) in [7, 11) is 0. The van der Waals surface area contributed by atoms with Gasteiger partial charge in [0, 0.05) is 0 Å². The number of aliphatic hydroxyl groups excluding tert-OH is 18. The predicted molar refractivity (Wildman–Crippen MR) is 281 cm³/mol. The normalized spacial score (nSPS) is 55.4. The molecule has 1 spiro atoms. The van der Waals surface area contributed by atoms with Crippen LogP contribution in [0.2, 0.25) is 0 Å². The summed E-state index contributed by atoms with van der Waals surface area (Å²) in [4.78, 5) is 15.4. The highest BCUT2D eigenvalue weighted by atomic mass is 16.8. The Morgan fingerprint density at radius 3 is 1.32 bits per heavy atom. The second-order valence-corrected chi connectivity index (χ2v) is 26.4. The van der Waals surface area contributed by atoms with Crippen molar-refractivity contribution in [1.82, 2.24) is 0 Å². The van der Waals surface area contributed by atoms with Crippen LogP contribution in [0.4, 0.5) is 0 Å². The molecule has 0 radical (unpaired) electrons. The molecule has 6 heterocycles. The van der Waals surface area contributed by atoms with Crippen LogP contribution in [0, 0.1) is 28.1 Å². The Balaban J connectivity index is 0.916. The SMILES string of the molecule is C=C1C[C@@]23CCC4[C@](C)(C(=O)O[C@H]5OC(CO)[C@@H](O)[C@H](O[C@@H]6OC(CO)[C@@H](O)[C@H](O)C6O)C5O[C@@H]5OC(C)[C@H](O)[C@H](O)C5O)CCC[C@@]4(C)[C@@H]2CCC1(O[C@@H]1OC(CO)[C@@H](O)[C@H](O[C@@H]2OC(CO)[C@@H](O)[C@H](O)C2O)C1O[C@@H]1OC(C)[C@H](O)[C@H](O)C1O)C3. The van der Waals surface area contributed by atoms with Gasteiger partial charge in [0.2, 0.25) is 6.29 Å². The number of hydrogen-bond acceptors (Lipinski definition) is 31. The van der Waals surface area contributed by atoms with Crippen molar-refractivity contribution in [2.45, 2.75) is 275 Å². The Morgan fingerprint density at radius 2 is 0.851 bits per heavy atom. The van der Waals surface area contributed by atoms with E-state index in [1.54, 1.807) is 6.92 Å². The van der Waals surface area contributed by atoms with Gasteiger partial charge in [-0.3, -0.25) is 4.79 Å². The van der Waals surface area contributed by atoms with E-state index in [0.29, 0.717) is 63.4 Å². The van der Waals surface area contributed by atoms with Gasteiger partial charge in [-0.25, -0.2) is 0 Å². The van der Waals surface area contributed by atoms with E-state index in [9.17, 15) is 91.9 Å². The lowest BCUT2D eigenvalue weighted by atomic mass is 9.41. The van der Waals surface area contributed by atoms with Crippen LogP contribution in [0.1, 0.15) is 85.5 Å². The highest BCUT2D eigenvalue weighted by Crippen LogP contribution is 2.74. The van der Waals surface area contributed by atoms with Crippen molar-refractivity contribution in [3.05, 3.63) is 12.2 Å². The van der Waals surface area contributed by atoms with Gasteiger partial charge < -0.3 is 149 Å². The highest BCUT2D eigenvalue weighted by molar-refractivity contribution is 5.77. The van der Waals surface area contributed by atoms with Crippen molar-refractivity contribution in [3.63, 3.8) is 0 Å². The van der Waals surface area contributed by atoms with E-state index < -0.39 is 244 Å². The molecule has 2 bridgehead atoms. The molecule has 4 aliphatic carbocycles. The number of ether oxygens (including phenoxy) is 12. The first kappa shape index (κ1) is 67.9. The Kier molecular flexibility index (Phi) is 20.4. The first-order valence-corrected chi connectivity index (χ1v) is 30.1. The summed E-state index contributed by atoms with van der Waals surface area (Å²) in [6.45, 7) is 7.81. The second kappa shape index (κ2) is 26.1. The number of carbonyl (C=O) groups excluding carboxylic acids is 1. The van der Waals surface area contributed by atoms with E-state index in [2.05, 4.69) is 13.5 Å². The molecule has 10 rings (SSSR count). The molecule has 10 fully saturated rings. The molecule has 14 unspecified atom stereocenters. The van der Waals surface area contributed by atoms with Crippen LogP contribution in [-0.4, -0.2) is 314 Å². The Hall–Kier alpha value is -1.95. The van der Waals surface area contributed by atoms with E-state index in [4.69, 9.17) is 56.8 Å². The largest absolute Gasteiger partial charge is 0.432 e. The zero-order valence-corrected chi connectivity index (χ0v) is 48.7. The molecule has 31 nitrogen and oxygen atoms in total. The van der Waals surface area contributed by atoms with Crippen LogP contribution < -0.4 is 0 Å². The van der Waals surface area contributed by atoms with Gasteiger partial charge in [0.25, 0.3) is 0 Å². The van der Waals surface area contributed by atoms with E-state index in [1.807, 2.05) is 0 Å². The summed E-state index contributed by atoms with van der Waals surface area (Å²) >= 11 is 0. The molecule has 87 heavy (non-hydrogen) atoms. The number of carbonyl (C=O) groups is 1. The Labute approximate surface area is 500 Å². The molecule has 0 aromatic heterocycles. The molecule has 18 N–H and O–H groups in total. The predicted octanol–water partition coefficient (Wildman–Crippen LogP) is -7.41. The lowest BCUT2D eigenvalue weighted by molar-refractivity contribution is -0.398. The summed E-state index contributed by atoms with van der Waals surface area (Å²) < 4.78 is 73.4. The number of esters is 1. The summed E-state index contributed by atoms with van der Waals surface area (Å²) in [6.07, 6.45) is -48.3. The van der Waals surface area contributed by atoms with Gasteiger partial charge in [0.05, 0.1) is 49.7 Å². The molecule has 4 saturated carbocycles. The van der Waals surface area contributed by atoms with E-state index in [-0.39, 0.29) is 5.92 Å². The number of aliphatic hydroxyl groups is 18. The number of hydrogen-bond donors (Lipinski definition) is 18. The van der Waals surface area contributed by atoms with Crippen LogP contribution in [0.25, 0.3) is 0 Å². The zero-order chi connectivity index (χ0) is 63.3. The van der Waals surface area contributed by atoms with Gasteiger partial charge in [-0.05, 0) is 100 Å². The molecule has 10 aliphatic rings. The molecule has 31 heteroatoms. The second-order valence-electron chi connectivity index (χ2n) is 26.4. The maximum atomic E-state index is 15.4. The Bertz CT molecular complexity index is 2360. The van der Waals surface area contributed by atoms with E-state index in [0.717, 1.165) is 0 Å². The summed E-state index contributed by atoms with van der Waals surface area (Å²) in [5, 5.41) is 194. The monoisotopic (exact) mass is 1260 g/mol. The van der Waals surface area contributed by atoms with E-state index in [1.165, 1.54) is 13.8 Å². The summed E-state index contributed by atoms with van der Waals surface area (Å²) in [6, 6.07) is 0. The third-order valence-electron chi connectivity index (χ3n) is 21.2. The number of rotatable bonds is 16. The maximum Gasteiger partial charge on any atom is 0.314 e. The topological polar surface area (TPSA) is 492 Å². The first-order valence-electron chi connectivity index (χ1n) is 30.1. The molecule has 0 amide bonds. The fourth-order valence-electron chi connectivity index (χ4n) is 16.3. The minimum atomic E-state index is -2.02. The van der Waals surface area contributed by atoms with Gasteiger partial charge in [-0.1, -0.05) is 19.9 Å². The van der Waals surface area contributed by atoms with Crippen LogP contribution in [0.5, 0.6) is 0 Å². The quantitative estimate of drug-likeness (QED) is 0.0388. The highest BCUT2D eigenvalue weighted by Gasteiger charge is 2.70. The molecule has 6 aliphatic heterocycles. The third-order valence-corrected chi connectivity index (χ3v) is 21.2. The van der Waals surface area contributed by atoms with Gasteiger partial charge in [-0.15, -0.1) is 0 Å². The van der Waals surface area contributed by atoms with Crippen LogP contribution in [0.15, 0.2) is 12.2 Å². The van der Waals surface area contributed by atoms with E-state index >= 15 is 4.79 Å². The fourth-order valence-corrected chi connectivity index (χ4v) is 16.3. The average Bonchev–Trinajstić information content (AvgIpc) is 1.84. The smallest absolute Gasteiger partial charge is 0.314 e. The molecule has 0 aromatic rings. The summed E-state index contributed by atoms with van der Waals surface area (Å²) in [5.41, 5.74) is -2.99. The van der Waals surface area contributed by atoms with Crippen molar-refractivity contribution in [2.24, 2.45) is 28.1 Å². The van der Waals surface area contributed by atoms with Gasteiger partial charge in [-0.2, -0.15) is 0 Å². The third kappa shape index (κ3) is 11.9. The van der Waals surface area contributed by atoms with Gasteiger partial charge in [0.1, 0.15) is 128 Å². The molecular weight excluding hydrogens is 1170 g/mol. The molecular formula is C56H90O31. The summed E-state index contributed by atoms with van der Waals surface area (Å²) in [5.74, 6) is -1.30. The van der Waals surface area contributed by atoms with Crippen LogP contribution in [-0.2, 0) is 61.6 Å². The molecule has 6 saturated heterocycles. The Morgan fingerprint density at radius 1 is 0.460 bits per heavy atom. The van der Waals surface area contributed by atoms with Crippen molar-refractivity contribution < 1.29 is 154 Å². The first-order chi connectivity index (χ1) is 41.0. The standard InChI is InChI=1S/C56H90O31/c1-19-13-55-11-7-26-53(4,9-6-10-54(26,5)52(75)86-50-44(84-46-38(71)34(67)28(61)20(2)76-46)42(32(65)24(16-59)80-50)82-48-40(73)36(69)30(63)22(14-57)78-48)27(55)8-12-56(19,18-55)87-51-45(85-47-39(72)35(68)29(62)21(3)77-47)43(33(66)25(17-60)81-51)83-49-41(74)37(70)31(64)23(15-58)79-49/h20-51,57-74H,1,6-18H2,2-5H3/t20?,21?,22?,23?,24?,25?,26?,27-,28-,29-,30+,31+,32+,33+,34-,35-,36-,37-,38?,39?,40?,41?,42-,43-,44?,45?,46-,47-,48-,49-,50+,51-,53+,54+,55+,56?/m0/s1. The van der Waals surface area contributed by atoms with Crippen LogP contribution in [0.3, 0.4) is 0 Å². The molecule has 36 atom stereocenters. The minimum Gasteiger partial charge on any atom is -0.432 e. The lowest BCUT2D eigenvalue weighted by Gasteiger charge is -2.64. The van der Waals surface area contributed by atoms with Crippen molar-refractivity contribution in [1.29, 1.82) is 0 Å². The molecule has 0 aromatic carbocycles. The molecule has 500 valence electrons. The van der Waals surface area contributed by atoms with Crippen molar-refractivity contribution in [2.75, 3.05) is 26.4 Å². The minimum absolute atomic E-state index is 0.109. The zero-order valence-electron chi connectivity index (χ0n) is 48.7. The fraction of sp³-hybridized carbons (Fsp3) is 0.946. The van der Waals surface area contributed by atoms with Gasteiger partial charge in [0.15, 0.2) is 37.6 Å². The van der Waals surface area contributed by atoms with Crippen LogP contribution >= 0.6 is 0 Å². The maximum absolute atomic E-state index is 15.4.